The molecule has 0 N–H and O–H groups in total. The molecule has 25 heavy (non-hydrogen) atoms. The number of aromatic nitrogens is 2. The lowest BCUT2D eigenvalue weighted by atomic mass is 10.2. The lowest BCUT2D eigenvalue weighted by molar-refractivity contribution is 0.638. The summed E-state index contributed by atoms with van der Waals surface area (Å²) in [5, 5.41) is 1.79. The fourth-order valence-electron chi connectivity index (χ4n) is 2.39. The molecule has 128 valence electrons. The van der Waals surface area contributed by atoms with E-state index in [0.29, 0.717) is 27.4 Å². The van der Waals surface area contributed by atoms with Crippen LogP contribution in [0, 0.1) is 6.92 Å². The Hall–Kier alpha value is -1.75. The number of benzene rings is 2. The summed E-state index contributed by atoms with van der Waals surface area (Å²) in [6.45, 7) is 2.19. The highest BCUT2D eigenvalue weighted by molar-refractivity contribution is 7.98. The third-order valence-electron chi connectivity index (χ3n) is 3.66. The van der Waals surface area contributed by atoms with Crippen molar-refractivity contribution in [3.63, 3.8) is 0 Å². The highest BCUT2D eigenvalue weighted by Crippen LogP contribution is 2.24. The van der Waals surface area contributed by atoms with Crippen molar-refractivity contribution in [2.24, 2.45) is 0 Å². The predicted octanol–water partition coefficient (Wildman–Crippen LogP) is 5.20. The van der Waals surface area contributed by atoms with Crippen LogP contribution in [-0.4, -0.2) is 9.55 Å². The molecular weight excluding hydrogens is 375 g/mol. The van der Waals surface area contributed by atoms with Gasteiger partial charge >= 0.3 is 0 Å². The van der Waals surface area contributed by atoms with Crippen LogP contribution in [-0.2, 0) is 12.3 Å². The van der Waals surface area contributed by atoms with Gasteiger partial charge in [-0.2, -0.15) is 0 Å². The first kappa shape index (κ1) is 18.1. The quantitative estimate of drug-likeness (QED) is 0.443. The van der Waals surface area contributed by atoms with E-state index in [1.54, 1.807) is 16.7 Å². The molecular formula is C19H16Cl2N2OS. The Labute approximate surface area is 160 Å². The number of nitrogens with zero attached hydrogens (tertiary/aromatic N) is 2. The first-order chi connectivity index (χ1) is 12.0. The van der Waals surface area contributed by atoms with Gasteiger partial charge in [0.2, 0.25) is 0 Å². The van der Waals surface area contributed by atoms with E-state index in [1.165, 1.54) is 23.4 Å². The summed E-state index contributed by atoms with van der Waals surface area (Å²) in [5.41, 5.74) is 2.63. The maximum atomic E-state index is 12.5. The third-order valence-corrected chi connectivity index (χ3v) is 5.29. The van der Waals surface area contributed by atoms with Gasteiger partial charge in [-0.3, -0.25) is 9.36 Å². The molecule has 0 aliphatic rings. The standard InChI is InChI=1S/C19H16Cl2N2OS/c1-13-9-18(24)23(11-15-7-8-16(20)10-17(15)21)19(22-13)25-12-14-5-3-2-4-6-14/h2-10H,11-12H2,1H3. The van der Waals surface area contributed by atoms with Crippen molar-refractivity contribution in [3.05, 3.63) is 91.8 Å². The molecule has 3 rings (SSSR count). The minimum atomic E-state index is -0.0888. The molecule has 1 heterocycles. The summed E-state index contributed by atoms with van der Waals surface area (Å²) in [6, 6.07) is 16.9. The van der Waals surface area contributed by atoms with Crippen LogP contribution < -0.4 is 5.56 Å². The molecule has 6 heteroatoms. The third kappa shape index (κ3) is 4.66. The van der Waals surface area contributed by atoms with Crippen LogP contribution in [0.3, 0.4) is 0 Å². The van der Waals surface area contributed by atoms with Gasteiger partial charge in [-0.25, -0.2) is 4.98 Å². The molecule has 1 aromatic heterocycles. The second-order valence-corrected chi connectivity index (χ2v) is 7.40. The van der Waals surface area contributed by atoms with E-state index >= 15 is 0 Å². The van der Waals surface area contributed by atoms with Crippen molar-refractivity contribution in [1.29, 1.82) is 0 Å². The summed E-state index contributed by atoms with van der Waals surface area (Å²) in [6.07, 6.45) is 0. The lowest BCUT2D eigenvalue weighted by Crippen LogP contribution is -2.23. The van der Waals surface area contributed by atoms with E-state index in [-0.39, 0.29) is 5.56 Å². The summed E-state index contributed by atoms with van der Waals surface area (Å²) >= 11 is 13.8. The number of rotatable bonds is 5. The number of hydrogen-bond donors (Lipinski definition) is 0. The van der Waals surface area contributed by atoms with Crippen molar-refractivity contribution < 1.29 is 0 Å². The highest BCUT2D eigenvalue weighted by Gasteiger charge is 2.11. The summed E-state index contributed by atoms with van der Waals surface area (Å²) in [5.74, 6) is 0.741. The van der Waals surface area contributed by atoms with E-state index in [4.69, 9.17) is 23.2 Å². The first-order valence-electron chi connectivity index (χ1n) is 7.72. The van der Waals surface area contributed by atoms with Gasteiger partial charge in [0, 0.05) is 27.6 Å². The van der Waals surface area contributed by atoms with E-state index in [0.717, 1.165) is 11.3 Å². The fraction of sp³-hybridized carbons (Fsp3) is 0.158. The zero-order valence-corrected chi connectivity index (χ0v) is 15.9. The molecule has 0 spiro atoms. The van der Waals surface area contributed by atoms with Crippen LogP contribution >= 0.6 is 35.0 Å². The van der Waals surface area contributed by atoms with Crippen LogP contribution in [0.25, 0.3) is 0 Å². The molecule has 3 nitrogen and oxygen atoms in total. The average Bonchev–Trinajstić information content (AvgIpc) is 2.58. The molecule has 0 bridgehead atoms. The number of aryl methyl sites for hydroxylation is 1. The molecule has 0 saturated carbocycles. The zero-order valence-electron chi connectivity index (χ0n) is 13.6. The van der Waals surface area contributed by atoms with Gasteiger partial charge in [0.05, 0.1) is 6.54 Å². The minimum absolute atomic E-state index is 0.0888. The second kappa shape index (κ2) is 8.09. The monoisotopic (exact) mass is 390 g/mol. The van der Waals surface area contributed by atoms with Gasteiger partial charge < -0.3 is 0 Å². The molecule has 0 atom stereocenters. The Morgan fingerprint density at radius 2 is 1.84 bits per heavy atom. The second-order valence-electron chi connectivity index (χ2n) is 5.61. The Morgan fingerprint density at radius 1 is 1.08 bits per heavy atom. The topological polar surface area (TPSA) is 34.9 Å². The van der Waals surface area contributed by atoms with Crippen LogP contribution in [0.5, 0.6) is 0 Å². The highest BCUT2D eigenvalue weighted by atomic mass is 35.5. The smallest absolute Gasteiger partial charge is 0.254 e. The van der Waals surface area contributed by atoms with E-state index < -0.39 is 0 Å². The Morgan fingerprint density at radius 3 is 2.56 bits per heavy atom. The predicted molar refractivity (Wildman–Crippen MR) is 105 cm³/mol. The molecule has 0 aliphatic carbocycles. The summed E-state index contributed by atoms with van der Waals surface area (Å²) in [4.78, 5) is 17.0. The van der Waals surface area contributed by atoms with Crippen LogP contribution in [0.1, 0.15) is 16.8 Å². The van der Waals surface area contributed by atoms with E-state index in [2.05, 4.69) is 17.1 Å². The SMILES string of the molecule is Cc1cc(=O)n(Cc2ccc(Cl)cc2Cl)c(SCc2ccccc2)n1. The van der Waals surface area contributed by atoms with E-state index in [9.17, 15) is 4.79 Å². The lowest BCUT2D eigenvalue weighted by Gasteiger charge is -2.13. The Bertz CT molecular complexity index is 942. The van der Waals surface area contributed by atoms with Gasteiger partial charge in [0.25, 0.3) is 5.56 Å². The van der Waals surface area contributed by atoms with Crippen molar-refractivity contribution in [2.75, 3.05) is 0 Å². The largest absolute Gasteiger partial charge is 0.283 e. The van der Waals surface area contributed by atoms with Crippen LogP contribution in [0.2, 0.25) is 10.0 Å². The van der Waals surface area contributed by atoms with E-state index in [1.807, 2.05) is 31.2 Å². The number of thioether (sulfide) groups is 1. The summed E-state index contributed by atoms with van der Waals surface area (Å²) < 4.78 is 1.65. The van der Waals surface area contributed by atoms with Crippen molar-refractivity contribution >= 4 is 35.0 Å². The van der Waals surface area contributed by atoms with Crippen LogP contribution in [0.15, 0.2) is 64.5 Å². The molecule has 0 fully saturated rings. The Kier molecular flexibility index (Phi) is 5.84. The Balaban J connectivity index is 1.91. The molecule has 0 aliphatic heterocycles. The average molecular weight is 391 g/mol. The molecule has 0 radical (unpaired) electrons. The normalized spacial score (nSPS) is 10.8. The van der Waals surface area contributed by atoms with Gasteiger partial charge in [0.15, 0.2) is 5.16 Å². The fourth-order valence-corrected chi connectivity index (χ4v) is 3.87. The van der Waals surface area contributed by atoms with Crippen LogP contribution in [0.4, 0.5) is 0 Å². The van der Waals surface area contributed by atoms with Gasteiger partial charge in [0.1, 0.15) is 0 Å². The van der Waals surface area contributed by atoms with Gasteiger partial charge in [-0.15, -0.1) is 0 Å². The minimum Gasteiger partial charge on any atom is -0.283 e. The maximum Gasteiger partial charge on any atom is 0.254 e. The molecule has 3 aromatic rings. The van der Waals surface area contributed by atoms with Crippen molar-refractivity contribution in [2.45, 2.75) is 24.4 Å². The van der Waals surface area contributed by atoms with Crippen molar-refractivity contribution in [3.8, 4) is 0 Å². The maximum absolute atomic E-state index is 12.5. The molecule has 2 aromatic carbocycles. The number of hydrogen-bond acceptors (Lipinski definition) is 3. The van der Waals surface area contributed by atoms with Gasteiger partial charge in [-0.05, 0) is 30.2 Å². The number of halogens is 2. The van der Waals surface area contributed by atoms with Crippen molar-refractivity contribution in [1.82, 2.24) is 9.55 Å². The molecule has 0 amide bonds. The molecule has 0 unspecified atom stereocenters. The van der Waals surface area contributed by atoms with Gasteiger partial charge in [-0.1, -0.05) is 71.4 Å². The molecule has 0 saturated heterocycles. The summed E-state index contributed by atoms with van der Waals surface area (Å²) in [7, 11) is 0. The zero-order chi connectivity index (χ0) is 17.8. The first-order valence-corrected chi connectivity index (χ1v) is 9.46.